The summed E-state index contributed by atoms with van der Waals surface area (Å²) >= 11 is 0. The lowest BCUT2D eigenvalue weighted by atomic mass is 9.89. The van der Waals surface area contributed by atoms with E-state index in [-0.39, 0.29) is 0 Å². The minimum Gasteiger partial charge on any atom is -0.392 e. The molecule has 0 aromatic rings. The van der Waals surface area contributed by atoms with Crippen LogP contribution in [0.4, 0.5) is 74.6 Å². The third kappa shape index (κ3) is 3.60. The summed E-state index contributed by atoms with van der Waals surface area (Å²) in [5, 5.41) is 8.05. The maximum Gasteiger partial charge on any atom is 0.460 e. The third-order valence-electron chi connectivity index (χ3n) is 3.18. The van der Waals surface area contributed by atoms with Gasteiger partial charge in [0.25, 0.3) is 0 Å². The van der Waals surface area contributed by atoms with E-state index in [0.717, 1.165) is 0 Å². The highest BCUT2D eigenvalue weighted by molar-refractivity contribution is 5.17. The topological polar surface area (TPSA) is 20.2 Å². The lowest BCUT2D eigenvalue weighted by molar-refractivity contribution is -0.459. The summed E-state index contributed by atoms with van der Waals surface area (Å²) in [7, 11) is 0. The quantitative estimate of drug-likeness (QED) is 0.360. The van der Waals surface area contributed by atoms with Crippen molar-refractivity contribution in [2.45, 2.75) is 47.6 Å². The molecule has 0 atom stereocenters. The summed E-state index contributed by atoms with van der Waals surface area (Å²) in [6.07, 6.45) is -9.73. The van der Waals surface area contributed by atoms with Crippen LogP contribution in [0.3, 0.4) is 0 Å². The lowest BCUT2D eigenvalue weighted by Gasteiger charge is -2.42. The molecular formula is C11H5F17O. The van der Waals surface area contributed by atoms with Crippen LogP contribution in [0.25, 0.3) is 0 Å². The van der Waals surface area contributed by atoms with E-state index >= 15 is 0 Å². The van der Waals surface area contributed by atoms with Gasteiger partial charge in [0, 0.05) is 0 Å². The first-order chi connectivity index (χ1) is 12.3. The Labute approximate surface area is 147 Å². The van der Waals surface area contributed by atoms with Crippen molar-refractivity contribution >= 4 is 0 Å². The first-order valence-electron chi connectivity index (χ1n) is 6.31. The van der Waals surface area contributed by atoms with E-state index in [1.54, 1.807) is 0 Å². The van der Waals surface area contributed by atoms with Crippen LogP contribution in [0, 0.1) is 0 Å². The van der Waals surface area contributed by atoms with Crippen LogP contribution in [0.1, 0.15) is 0 Å². The predicted octanol–water partition coefficient (Wildman–Crippen LogP) is 5.54. The Morgan fingerprint density at radius 3 is 1.00 bits per heavy atom. The molecule has 0 bridgehead atoms. The van der Waals surface area contributed by atoms with E-state index in [4.69, 9.17) is 5.11 Å². The van der Waals surface area contributed by atoms with Crippen molar-refractivity contribution in [3.63, 3.8) is 0 Å². The minimum atomic E-state index is -8.64. The molecular weight excluding hydrogens is 471 g/mol. The number of aliphatic hydroxyl groups excluding tert-OH is 1. The summed E-state index contributed by atoms with van der Waals surface area (Å²) in [4.78, 5) is 0. The van der Waals surface area contributed by atoms with Crippen LogP contribution in [0.15, 0.2) is 12.2 Å². The lowest BCUT2D eigenvalue weighted by Crippen LogP contribution is -2.74. The molecule has 0 aliphatic carbocycles. The zero-order valence-electron chi connectivity index (χ0n) is 12.7. The molecule has 174 valence electrons. The van der Waals surface area contributed by atoms with Gasteiger partial charge < -0.3 is 5.11 Å². The van der Waals surface area contributed by atoms with E-state index < -0.39 is 66.4 Å². The molecule has 0 spiro atoms. The molecule has 0 aromatic carbocycles. The van der Waals surface area contributed by atoms with Crippen LogP contribution in [-0.2, 0) is 0 Å². The number of alkyl halides is 17. The third-order valence-corrected chi connectivity index (χ3v) is 3.18. The first kappa shape index (κ1) is 27.5. The Morgan fingerprint density at radius 2 is 0.724 bits per heavy atom. The van der Waals surface area contributed by atoms with Gasteiger partial charge in [-0.25, -0.2) is 0 Å². The van der Waals surface area contributed by atoms with Gasteiger partial charge in [-0.2, -0.15) is 74.6 Å². The molecule has 0 aliphatic rings. The second-order valence-corrected chi connectivity index (χ2v) is 5.15. The van der Waals surface area contributed by atoms with Crippen molar-refractivity contribution in [1.82, 2.24) is 0 Å². The number of aliphatic hydroxyl groups is 1. The van der Waals surface area contributed by atoms with Crippen LogP contribution in [0.5, 0.6) is 0 Å². The van der Waals surface area contributed by atoms with Gasteiger partial charge in [-0.1, -0.05) is 6.08 Å². The molecule has 0 amide bonds. The van der Waals surface area contributed by atoms with Gasteiger partial charge in [-0.05, 0) is 6.08 Å². The number of halogens is 17. The molecule has 0 radical (unpaired) electrons. The molecule has 1 N–H and O–H groups in total. The second-order valence-electron chi connectivity index (χ2n) is 5.15. The molecule has 0 fully saturated rings. The first-order valence-corrected chi connectivity index (χ1v) is 6.31. The molecule has 29 heavy (non-hydrogen) atoms. The number of hydrogen-bond acceptors (Lipinski definition) is 1. The van der Waals surface area contributed by atoms with Gasteiger partial charge in [0.2, 0.25) is 0 Å². The monoisotopic (exact) mass is 476 g/mol. The Kier molecular flexibility index (Phi) is 6.68. The Hall–Kier alpha value is -1.49. The SMILES string of the molecule is OCC=CC(F)(F)C(F)(F)C(F)(F)C(F)(F)C(F)(F)C(F)(F)C(F)(F)C(F)(F)F. The number of allylic oxidation sites excluding steroid dienone is 1. The second kappa shape index (κ2) is 7.04. The fourth-order valence-corrected chi connectivity index (χ4v) is 1.48. The maximum absolute atomic E-state index is 13.2. The van der Waals surface area contributed by atoms with Crippen molar-refractivity contribution in [2.75, 3.05) is 6.61 Å². The maximum atomic E-state index is 13.2. The van der Waals surface area contributed by atoms with E-state index in [2.05, 4.69) is 0 Å². The highest BCUT2D eigenvalue weighted by Gasteiger charge is 2.95. The number of hydrogen-bond donors (Lipinski definition) is 1. The van der Waals surface area contributed by atoms with Gasteiger partial charge >= 0.3 is 47.6 Å². The summed E-state index contributed by atoms with van der Waals surface area (Å²) in [6.45, 7) is -1.64. The van der Waals surface area contributed by atoms with Crippen molar-refractivity contribution in [1.29, 1.82) is 0 Å². The van der Waals surface area contributed by atoms with Gasteiger partial charge in [0.05, 0.1) is 6.61 Å². The molecule has 0 rings (SSSR count). The largest absolute Gasteiger partial charge is 0.460 e. The smallest absolute Gasteiger partial charge is 0.392 e. The van der Waals surface area contributed by atoms with E-state index in [1.165, 1.54) is 0 Å². The predicted molar refractivity (Wildman–Crippen MR) is 56.9 cm³/mol. The molecule has 0 heterocycles. The van der Waals surface area contributed by atoms with E-state index in [1.807, 2.05) is 0 Å². The zero-order valence-corrected chi connectivity index (χ0v) is 12.7. The average molecular weight is 476 g/mol. The normalized spacial score (nSPS) is 16.6. The van der Waals surface area contributed by atoms with Crippen LogP contribution in [-0.4, -0.2) is 59.3 Å². The average Bonchev–Trinajstić information content (AvgIpc) is 2.50. The zero-order chi connectivity index (χ0) is 24.1. The fourth-order valence-electron chi connectivity index (χ4n) is 1.48. The van der Waals surface area contributed by atoms with Crippen molar-refractivity contribution < 1.29 is 79.7 Å². The molecule has 18 heteroatoms. The van der Waals surface area contributed by atoms with Gasteiger partial charge in [-0.15, -0.1) is 0 Å². The summed E-state index contributed by atoms with van der Waals surface area (Å²) in [6, 6.07) is 0. The van der Waals surface area contributed by atoms with Gasteiger partial charge in [-0.3, -0.25) is 0 Å². The molecule has 0 aromatic heterocycles. The summed E-state index contributed by atoms with van der Waals surface area (Å²) in [5.74, 6) is -56.6. The highest BCUT2D eigenvalue weighted by atomic mass is 19.4. The molecule has 1 nitrogen and oxygen atoms in total. The van der Waals surface area contributed by atoms with Crippen molar-refractivity contribution in [3.05, 3.63) is 12.2 Å². The molecule has 0 unspecified atom stereocenters. The van der Waals surface area contributed by atoms with Gasteiger partial charge in [0.15, 0.2) is 0 Å². The molecule has 0 saturated carbocycles. The summed E-state index contributed by atoms with van der Waals surface area (Å²) in [5.41, 5.74) is 0. The number of rotatable bonds is 8. The van der Waals surface area contributed by atoms with E-state index in [0.29, 0.717) is 0 Å². The van der Waals surface area contributed by atoms with Crippen molar-refractivity contribution in [2.24, 2.45) is 0 Å². The Balaban J connectivity index is 6.69. The molecule has 0 saturated heterocycles. The van der Waals surface area contributed by atoms with Crippen LogP contribution in [0.2, 0.25) is 0 Å². The fraction of sp³-hybridized carbons (Fsp3) is 0.818. The molecule has 0 aliphatic heterocycles. The van der Waals surface area contributed by atoms with E-state index in [9.17, 15) is 74.6 Å². The van der Waals surface area contributed by atoms with Crippen LogP contribution < -0.4 is 0 Å². The van der Waals surface area contributed by atoms with Crippen molar-refractivity contribution in [3.8, 4) is 0 Å². The summed E-state index contributed by atoms with van der Waals surface area (Å²) < 4.78 is 217. The standard InChI is InChI=1S/C11H5F17O/c12-4(13,2-1-3-29)5(14,15)6(16,17)7(18,19)8(20,21)9(22,23)10(24,25)11(26,27)28/h1-2,29H,3H2. The van der Waals surface area contributed by atoms with Crippen LogP contribution >= 0.6 is 0 Å². The minimum absolute atomic E-state index is 0.507. The highest BCUT2D eigenvalue weighted by Crippen LogP contribution is 2.63. The Morgan fingerprint density at radius 1 is 0.448 bits per heavy atom. The Bertz CT molecular complexity index is 613. The van der Waals surface area contributed by atoms with Gasteiger partial charge in [0.1, 0.15) is 0 Å².